The van der Waals surface area contributed by atoms with Crippen LogP contribution in [0, 0.1) is 6.92 Å². The number of benzene rings is 1. The Bertz CT molecular complexity index is 715. The summed E-state index contributed by atoms with van der Waals surface area (Å²) in [5.41, 5.74) is 7.85. The third-order valence-corrected chi connectivity index (χ3v) is 4.70. The van der Waals surface area contributed by atoms with E-state index in [4.69, 9.17) is 10.5 Å². The maximum absolute atomic E-state index is 5.82. The molecule has 92 valence electrons. The molecule has 18 heavy (non-hydrogen) atoms. The summed E-state index contributed by atoms with van der Waals surface area (Å²) in [6.07, 6.45) is 0. The van der Waals surface area contributed by atoms with Crippen LogP contribution >= 0.6 is 22.7 Å². The Hall–Kier alpha value is -1.59. The molecule has 0 saturated carbocycles. The number of thiophene rings is 1. The highest BCUT2D eigenvalue weighted by molar-refractivity contribution is 7.23. The first-order chi connectivity index (χ1) is 8.69. The van der Waals surface area contributed by atoms with Crippen LogP contribution in [-0.2, 0) is 0 Å². The lowest BCUT2D eigenvalue weighted by atomic mass is 10.1. The van der Waals surface area contributed by atoms with Crippen LogP contribution in [0.5, 0.6) is 5.75 Å². The average Bonchev–Trinajstić information content (AvgIpc) is 2.93. The molecule has 1 aromatic carbocycles. The molecule has 0 aliphatic heterocycles. The van der Waals surface area contributed by atoms with Crippen molar-refractivity contribution in [2.45, 2.75) is 6.92 Å². The van der Waals surface area contributed by atoms with E-state index in [1.54, 1.807) is 18.4 Å². The number of fused-ring (bicyclic) bond motifs is 1. The summed E-state index contributed by atoms with van der Waals surface area (Å²) < 4.78 is 6.42. The maximum Gasteiger partial charge on any atom is 0.181 e. The largest absolute Gasteiger partial charge is 0.494 e. The van der Waals surface area contributed by atoms with Crippen LogP contribution in [0.3, 0.4) is 0 Å². The number of thiazole rings is 1. The maximum atomic E-state index is 5.82. The molecule has 2 N–H and O–H groups in total. The van der Waals surface area contributed by atoms with Crippen LogP contribution in [0.4, 0.5) is 5.13 Å². The van der Waals surface area contributed by atoms with E-state index < -0.39 is 0 Å². The summed E-state index contributed by atoms with van der Waals surface area (Å²) in [7, 11) is 1.65. The van der Waals surface area contributed by atoms with Gasteiger partial charge < -0.3 is 10.5 Å². The second kappa shape index (κ2) is 4.26. The van der Waals surface area contributed by atoms with Crippen molar-refractivity contribution in [3.8, 4) is 16.2 Å². The predicted octanol–water partition coefficient (Wildman–Crippen LogP) is 3.92. The fraction of sp³-hybridized carbons (Fsp3) is 0.154. The van der Waals surface area contributed by atoms with Crippen molar-refractivity contribution in [3.05, 3.63) is 29.1 Å². The molecule has 3 rings (SSSR count). The summed E-state index contributed by atoms with van der Waals surface area (Å²) in [6.45, 7) is 2.11. The summed E-state index contributed by atoms with van der Waals surface area (Å²) in [4.78, 5) is 6.89. The predicted molar refractivity (Wildman–Crippen MR) is 78.6 cm³/mol. The Labute approximate surface area is 113 Å². The molecule has 0 amide bonds. The van der Waals surface area contributed by atoms with Crippen molar-refractivity contribution in [3.63, 3.8) is 0 Å². The van der Waals surface area contributed by atoms with Gasteiger partial charge in [0.05, 0.1) is 11.8 Å². The summed E-state index contributed by atoms with van der Waals surface area (Å²) in [5, 5.41) is 0.573. The first-order valence-corrected chi connectivity index (χ1v) is 7.12. The van der Waals surface area contributed by atoms with Crippen molar-refractivity contribution in [1.29, 1.82) is 0 Å². The van der Waals surface area contributed by atoms with Crippen LogP contribution in [-0.4, -0.2) is 12.1 Å². The lowest BCUT2D eigenvalue weighted by molar-refractivity contribution is 0.419. The molecule has 0 fully saturated rings. The number of hydrogen-bond acceptors (Lipinski definition) is 5. The van der Waals surface area contributed by atoms with E-state index in [0.29, 0.717) is 5.13 Å². The number of rotatable bonds is 2. The average molecular weight is 276 g/mol. The Morgan fingerprint density at radius 1 is 1.17 bits per heavy atom. The summed E-state index contributed by atoms with van der Waals surface area (Å²) >= 11 is 3.28. The van der Waals surface area contributed by atoms with Crippen LogP contribution in [0.15, 0.2) is 24.3 Å². The molecule has 0 aliphatic carbocycles. The standard InChI is InChI=1S/C13H12N2OS2/c1-7-3-6-10(17-7)8-4-5-9(16-2)11-12(8)18-13(14)15-11/h3-6H,1-2H3,(H2,14,15). The highest BCUT2D eigenvalue weighted by Gasteiger charge is 2.13. The van der Waals surface area contributed by atoms with E-state index in [9.17, 15) is 0 Å². The number of nitrogens with zero attached hydrogens (tertiary/aromatic N) is 1. The molecule has 0 bridgehead atoms. The smallest absolute Gasteiger partial charge is 0.181 e. The van der Waals surface area contributed by atoms with E-state index in [1.807, 2.05) is 6.07 Å². The lowest BCUT2D eigenvalue weighted by Gasteiger charge is -2.03. The van der Waals surface area contributed by atoms with Gasteiger partial charge in [0, 0.05) is 15.3 Å². The van der Waals surface area contributed by atoms with Gasteiger partial charge >= 0.3 is 0 Å². The van der Waals surface area contributed by atoms with Crippen molar-refractivity contribution in [1.82, 2.24) is 4.98 Å². The quantitative estimate of drug-likeness (QED) is 0.771. The molecule has 0 radical (unpaired) electrons. The van der Waals surface area contributed by atoms with Crippen LogP contribution < -0.4 is 10.5 Å². The van der Waals surface area contributed by atoms with E-state index in [0.717, 1.165) is 16.0 Å². The Morgan fingerprint density at radius 3 is 2.67 bits per heavy atom. The van der Waals surface area contributed by atoms with Gasteiger partial charge in [0.2, 0.25) is 0 Å². The molecule has 2 aromatic heterocycles. The van der Waals surface area contributed by atoms with Crippen molar-refractivity contribution >= 4 is 38.0 Å². The fourth-order valence-corrected chi connectivity index (χ4v) is 3.78. The molecule has 0 aliphatic rings. The first-order valence-electron chi connectivity index (χ1n) is 5.49. The highest BCUT2D eigenvalue weighted by Crippen LogP contribution is 2.40. The molecular weight excluding hydrogens is 264 g/mol. The Kier molecular flexibility index (Phi) is 2.72. The van der Waals surface area contributed by atoms with Gasteiger partial charge in [0.1, 0.15) is 11.3 Å². The third-order valence-electron chi connectivity index (χ3n) is 2.75. The minimum absolute atomic E-state index is 0.573. The SMILES string of the molecule is COc1ccc(-c2ccc(C)s2)c2sc(N)nc12. The van der Waals surface area contributed by atoms with Gasteiger partial charge in [-0.05, 0) is 31.2 Å². The van der Waals surface area contributed by atoms with E-state index in [1.165, 1.54) is 26.7 Å². The molecule has 2 heterocycles. The number of ether oxygens (including phenoxy) is 1. The number of anilines is 1. The summed E-state index contributed by atoms with van der Waals surface area (Å²) in [5.74, 6) is 0.773. The zero-order chi connectivity index (χ0) is 12.7. The third kappa shape index (κ3) is 1.76. The number of nitrogen functional groups attached to an aromatic ring is 1. The van der Waals surface area contributed by atoms with Crippen LogP contribution in [0.25, 0.3) is 20.7 Å². The molecule has 0 spiro atoms. The van der Waals surface area contributed by atoms with Crippen molar-refractivity contribution in [2.24, 2.45) is 0 Å². The minimum atomic E-state index is 0.573. The molecular formula is C13H12N2OS2. The minimum Gasteiger partial charge on any atom is -0.494 e. The van der Waals surface area contributed by atoms with Crippen molar-refractivity contribution < 1.29 is 4.74 Å². The molecule has 5 heteroatoms. The lowest BCUT2D eigenvalue weighted by Crippen LogP contribution is -1.86. The molecule has 0 unspecified atom stereocenters. The van der Waals surface area contributed by atoms with E-state index in [2.05, 4.69) is 30.1 Å². The van der Waals surface area contributed by atoms with Gasteiger partial charge in [-0.25, -0.2) is 4.98 Å². The first kappa shape index (κ1) is 11.5. The van der Waals surface area contributed by atoms with E-state index >= 15 is 0 Å². The van der Waals surface area contributed by atoms with Gasteiger partial charge in [-0.1, -0.05) is 11.3 Å². The van der Waals surface area contributed by atoms with Crippen molar-refractivity contribution in [2.75, 3.05) is 12.8 Å². The van der Waals surface area contributed by atoms with Crippen LogP contribution in [0.1, 0.15) is 4.88 Å². The fourth-order valence-electron chi connectivity index (χ4n) is 1.94. The molecule has 3 nitrogen and oxygen atoms in total. The van der Waals surface area contributed by atoms with Gasteiger partial charge in [0.25, 0.3) is 0 Å². The Morgan fingerprint density at radius 2 is 2.00 bits per heavy atom. The monoisotopic (exact) mass is 276 g/mol. The number of hydrogen-bond donors (Lipinski definition) is 1. The topological polar surface area (TPSA) is 48.1 Å². The zero-order valence-electron chi connectivity index (χ0n) is 10.1. The zero-order valence-corrected chi connectivity index (χ0v) is 11.7. The molecule has 3 aromatic rings. The van der Waals surface area contributed by atoms with Gasteiger partial charge in [-0.15, -0.1) is 11.3 Å². The summed E-state index contributed by atoms with van der Waals surface area (Å²) in [6, 6.07) is 8.29. The van der Waals surface area contributed by atoms with Gasteiger partial charge in [0.15, 0.2) is 5.13 Å². The number of methoxy groups -OCH3 is 1. The number of aryl methyl sites for hydroxylation is 1. The molecule has 0 saturated heterocycles. The van der Waals surface area contributed by atoms with E-state index in [-0.39, 0.29) is 0 Å². The van der Waals surface area contributed by atoms with Gasteiger partial charge in [-0.3, -0.25) is 0 Å². The Balaban J connectivity index is 2.30. The highest BCUT2D eigenvalue weighted by atomic mass is 32.1. The second-order valence-electron chi connectivity index (χ2n) is 3.96. The van der Waals surface area contributed by atoms with Gasteiger partial charge in [-0.2, -0.15) is 0 Å². The normalized spacial score (nSPS) is 11.0. The molecule has 0 atom stereocenters. The second-order valence-corrected chi connectivity index (χ2v) is 6.27. The van der Waals surface area contributed by atoms with Crippen LogP contribution in [0.2, 0.25) is 0 Å². The number of nitrogens with two attached hydrogens (primary N) is 1. The number of aromatic nitrogens is 1.